The summed E-state index contributed by atoms with van der Waals surface area (Å²) >= 11 is 0. The lowest BCUT2D eigenvalue weighted by Gasteiger charge is -2.47. The Kier molecular flexibility index (Phi) is 33.5. The fourth-order valence-electron chi connectivity index (χ4n) is 7.03. The highest BCUT2D eigenvalue weighted by atomic mass is 31.2. The van der Waals surface area contributed by atoms with Crippen molar-refractivity contribution in [1.82, 2.24) is 0 Å². The van der Waals surface area contributed by atoms with E-state index in [2.05, 4.69) is 35.3 Å². The molecular formula is C44H83O14P. The molecule has 0 saturated carbocycles. The molecule has 0 aliphatic rings. The molecule has 0 bridgehead atoms. The van der Waals surface area contributed by atoms with Crippen LogP contribution in [0.5, 0.6) is 0 Å². The van der Waals surface area contributed by atoms with Gasteiger partial charge in [0.2, 0.25) is 0 Å². The molecule has 0 spiro atoms. The third-order valence-electron chi connectivity index (χ3n) is 10.7. The van der Waals surface area contributed by atoms with Crippen LogP contribution in [0, 0.1) is 0 Å². The first-order valence-corrected chi connectivity index (χ1v) is 24.4. The zero-order valence-electron chi connectivity index (χ0n) is 36.9. The van der Waals surface area contributed by atoms with Crippen LogP contribution in [0.4, 0.5) is 0 Å². The van der Waals surface area contributed by atoms with Gasteiger partial charge in [0.1, 0.15) is 5.60 Å². The van der Waals surface area contributed by atoms with E-state index in [-0.39, 0.29) is 32.3 Å². The van der Waals surface area contributed by atoms with Crippen LogP contribution < -0.4 is 0 Å². The smallest absolute Gasteiger partial charge is 0.469 e. The summed E-state index contributed by atoms with van der Waals surface area (Å²) in [7, 11) is -4.74. The first kappa shape index (κ1) is 57.1. The monoisotopic (exact) mass is 867 g/mol. The summed E-state index contributed by atoms with van der Waals surface area (Å²) in [6.07, 6.45) is 29.9. The van der Waals surface area contributed by atoms with E-state index in [9.17, 15) is 49.2 Å². The zero-order chi connectivity index (χ0) is 44.3. The standard InChI is InChI=1S/C44H83O14P/c1-4-6-8-10-12-14-16-18-19-21-23-25-27-29-31-34-41(47)57-43(49,44(50,51)58-59(52,53)54)42(48,37-35-39(45)55-3)36-32-38-56-40(46)33-30-28-26-24-22-20-17-15-13-11-9-7-5-2/h18-19,48-51H,4-17,20-38H2,1-3H3,(H2,52,53,54)/b19-18-. The van der Waals surface area contributed by atoms with Gasteiger partial charge >= 0.3 is 37.5 Å². The molecule has 0 radical (unpaired) electrons. The molecule has 0 saturated heterocycles. The second-order valence-corrected chi connectivity index (χ2v) is 17.2. The minimum atomic E-state index is -5.80. The number of carbonyl (C=O) groups is 3. The molecule has 2 atom stereocenters. The fourth-order valence-corrected chi connectivity index (χ4v) is 7.49. The first-order valence-electron chi connectivity index (χ1n) is 22.8. The first-order chi connectivity index (χ1) is 28.1. The average Bonchev–Trinajstić information content (AvgIpc) is 3.17. The summed E-state index contributed by atoms with van der Waals surface area (Å²) in [6, 6.07) is 0. The van der Waals surface area contributed by atoms with E-state index in [1.54, 1.807) is 0 Å². The zero-order valence-corrected chi connectivity index (χ0v) is 37.8. The largest absolute Gasteiger partial charge is 0.474 e. The number of hydrogen-bond acceptors (Lipinski definition) is 12. The number of rotatable bonds is 41. The van der Waals surface area contributed by atoms with Gasteiger partial charge in [-0.15, -0.1) is 0 Å². The molecule has 0 amide bonds. The summed E-state index contributed by atoms with van der Waals surface area (Å²) < 4.78 is 30.7. The summed E-state index contributed by atoms with van der Waals surface area (Å²) in [4.78, 5) is 56.3. The van der Waals surface area contributed by atoms with Gasteiger partial charge in [-0.25, -0.2) is 9.09 Å². The quantitative estimate of drug-likeness (QED) is 0.00841. The predicted octanol–water partition coefficient (Wildman–Crippen LogP) is 9.49. The van der Waals surface area contributed by atoms with Crippen molar-refractivity contribution in [2.24, 2.45) is 0 Å². The lowest BCUT2D eigenvalue weighted by atomic mass is 9.82. The van der Waals surface area contributed by atoms with Crippen molar-refractivity contribution in [2.75, 3.05) is 13.7 Å². The number of esters is 3. The van der Waals surface area contributed by atoms with Crippen LogP contribution in [0.2, 0.25) is 0 Å². The van der Waals surface area contributed by atoms with Gasteiger partial charge in [0, 0.05) is 19.3 Å². The van der Waals surface area contributed by atoms with Crippen molar-refractivity contribution in [3.8, 4) is 0 Å². The molecule has 348 valence electrons. The molecule has 0 aromatic rings. The number of methoxy groups -OCH3 is 1. The number of phosphoric ester groups is 1. The van der Waals surface area contributed by atoms with Crippen molar-refractivity contribution in [3.05, 3.63) is 12.2 Å². The van der Waals surface area contributed by atoms with Gasteiger partial charge in [-0.1, -0.05) is 154 Å². The van der Waals surface area contributed by atoms with Crippen LogP contribution in [0.1, 0.15) is 219 Å². The molecule has 0 aliphatic heterocycles. The van der Waals surface area contributed by atoms with E-state index in [0.717, 1.165) is 58.5 Å². The predicted molar refractivity (Wildman–Crippen MR) is 227 cm³/mol. The molecule has 6 N–H and O–H groups in total. The molecule has 0 aliphatic carbocycles. The fraction of sp³-hybridized carbons (Fsp3) is 0.886. The third kappa shape index (κ3) is 29.1. The number of hydrogen-bond donors (Lipinski definition) is 6. The lowest BCUT2D eigenvalue weighted by Crippen LogP contribution is -2.70. The molecule has 59 heavy (non-hydrogen) atoms. The highest BCUT2D eigenvalue weighted by Crippen LogP contribution is 2.48. The number of carbonyl (C=O) groups excluding carboxylic acids is 3. The van der Waals surface area contributed by atoms with E-state index in [1.807, 2.05) is 0 Å². The molecule has 0 aromatic carbocycles. The van der Waals surface area contributed by atoms with Gasteiger partial charge in [-0.3, -0.25) is 14.4 Å². The van der Waals surface area contributed by atoms with Crippen molar-refractivity contribution in [2.45, 2.75) is 237 Å². The van der Waals surface area contributed by atoms with Crippen LogP contribution in [0.25, 0.3) is 0 Å². The number of phosphoric acid groups is 1. The Morgan fingerprint density at radius 1 is 0.525 bits per heavy atom. The average molecular weight is 867 g/mol. The molecule has 14 nitrogen and oxygen atoms in total. The van der Waals surface area contributed by atoms with E-state index >= 15 is 0 Å². The summed E-state index contributed by atoms with van der Waals surface area (Å²) in [5.41, 5.74) is -2.97. The Labute approximate surface area is 355 Å². The summed E-state index contributed by atoms with van der Waals surface area (Å²) in [6.45, 7) is 4.12. The Morgan fingerprint density at radius 3 is 1.36 bits per heavy atom. The molecule has 0 heterocycles. The number of ether oxygens (including phenoxy) is 3. The Balaban J connectivity index is 5.09. The third-order valence-corrected chi connectivity index (χ3v) is 11.2. The van der Waals surface area contributed by atoms with E-state index in [0.29, 0.717) is 12.8 Å². The van der Waals surface area contributed by atoms with Crippen LogP contribution in [0.15, 0.2) is 12.2 Å². The van der Waals surface area contributed by atoms with Crippen molar-refractivity contribution in [3.63, 3.8) is 0 Å². The molecule has 2 unspecified atom stereocenters. The van der Waals surface area contributed by atoms with Gasteiger partial charge in [-0.2, -0.15) is 0 Å². The van der Waals surface area contributed by atoms with E-state index < -0.39 is 62.4 Å². The molecule has 15 heteroatoms. The maximum atomic E-state index is 13.0. The Bertz CT molecular complexity index is 1160. The SMILES string of the molecule is CCCCCCCC/C=C\CCCCCCCC(=O)OC(O)(C(O)(CCCOC(=O)CCCCCCCCCCCCCCC)CCC(=O)OC)C(O)(O)OP(=O)(O)O. The minimum Gasteiger partial charge on any atom is -0.469 e. The number of unbranched alkanes of at least 4 members (excludes halogenated alkanes) is 23. The van der Waals surface area contributed by atoms with Crippen molar-refractivity contribution >= 4 is 25.7 Å². The van der Waals surface area contributed by atoms with Gasteiger partial charge in [0.25, 0.3) is 0 Å². The topological polar surface area (TPSA) is 227 Å². The lowest BCUT2D eigenvalue weighted by molar-refractivity contribution is -0.472. The van der Waals surface area contributed by atoms with Gasteiger partial charge < -0.3 is 44.4 Å². The van der Waals surface area contributed by atoms with E-state index in [1.165, 1.54) is 96.3 Å². The highest BCUT2D eigenvalue weighted by molar-refractivity contribution is 7.46. The van der Waals surface area contributed by atoms with Crippen LogP contribution in [0.3, 0.4) is 0 Å². The van der Waals surface area contributed by atoms with Crippen LogP contribution >= 0.6 is 7.82 Å². The maximum absolute atomic E-state index is 13.0. The van der Waals surface area contributed by atoms with Crippen molar-refractivity contribution < 1.29 is 67.9 Å². The highest BCUT2D eigenvalue weighted by Gasteiger charge is 2.68. The Morgan fingerprint density at radius 2 is 0.932 bits per heavy atom. The van der Waals surface area contributed by atoms with Crippen LogP contribution in [-0.2, 0) is 37.7 Å². The minimum absolute atomic E-state index is 0.162. The number of allylic oxidation sites excluding steroid dienone is 2. The molecular weight excluding hydrogens is 783 g/mol. The molecule has 0 fully saturated rings. The van der Waals surface area contributed by atoms with Gasteiger partial charge in [0.05, 0.1) is 13.7 Å². The van der Waals surface area contributed by atoms with Crippen molar-refractivity contribution in [1.29, 1.82) is 0 Å². The summed E-state index contributed by atoms with van der Waals surface area (Å²) in [5, 5.41) is 44.7. The van der Waals surface area contributed by atoms with E-state index in [4.69, 9.17) is 9.47 Å². The van der Waals surface area contributed by atoms with Gasteiger partial charge in [-0.05, 0) is 57.8 Å². The molecule has 0 rings (SSSR count). The second-order valence-electron chi connectivity index (χ2n) is 16.1. The molecule has 0 aromatic heterocycles. The second kappa shape index (κ2) is 34.7. The Hall–Kier alpha value is -1.90. The van der Waals surface area contributed by atoms with Crippen LogP contribution in [-0.4, -0.2) is 79.2 Å². The summed E-state index contributed by atoms with van der Waals surface area (Å²) in [5.74, 6) is -10.9. The maximum Gasteiger partial charge on any atom is 0.474 e. The van der Waals surface area contributed by atoms with Gasteiger partial charge in [0.15, 0.2) is 0 Å². The normalized spacial score (nSPS) is 14.3. The number of aliphatic hydroxyl groups is 4.